The number of aromatic hydroxyl groups is 1. The van der Waals surface area contributed by atoms with Crippen LogP contribution in [0.4, 0.5) is 5.82 Å². The first-order chi connectivity index (χ1) is 14.6. The molecule has 0 unspecified atom stereocenters. The summed E-state index contributed by atoms with van der Waals surface area (Å²) >= 11 is 0. The predicted molar refractivity (Wildman–Crippen MR) is 122 cm³/mol. The Bertz CT molecular complexity index is 1150. The van der Waals surface area contributed by atoms with Crippen LogP contribution in [0.25, 0.3) is 22.2 Å². The number of phenols is 1. The van der Waals surface area contributed by atoms with Crippen LogP contribution < -0.4 is 10.2 Å². The molecular formula is C24H28N6O. The minimum absolute atomic E-state index is 0.0384. The summed E-state index contributed by atoms with van der Waals surface area (Å²) in [6.07, 6.45) is 3.51. The number of hydrogen-bond donors (Lipinski definition) is 2. The van der Waals surface area contributed by atoms with Crippen LogP contribution in [0.15, 0.2) is 36.5 Å². The molecule has 4 rings (SSSR count). The number of nitrogens with zero attached hydrogens (tertiary/aromatic N) is 5. The SMILES string of the molecule is CN(c1ccc(-c2c(O)ccc3cc(C#N)cnc23)nn1)C1CC(C)(C)NC(C)(C)C1. The van der Waals surface area contributed by atoms with E-state index in [1.165, 1.54) is 6.20 Å². The number of piperidine rings is 1. The van der Waals surface area contributed by atoms with Crippen molar-refractivity contribution in [3.8, 4) is 23.1 Å². The molecular weight excluding hydrogens is 388 g/mol. The van der Waals surface area contributed by atoms with Crippen molar-refractivity contribution < 1.29 is 5.11 Å². The molecule has 2 N–H and O–H groups in total. The lowest BCUT2D eigenvalue weighted by Gasteiger charge is -2.49. The summed E-state index contributed by atoms with van der Waals surface area (Å²) in [7, 11) is 2.06. The molecule has 0 saturated carbocycles. The fourth-order valence-electron chi connectivity index (χ4n) is 4.88. The number of nitrogens with one attached hydrogen (secondary N) is 1. The molecule has 0 atom stereocenters. The summed E-state index contributed by atoms with van der Waals surface area (Å²) in [4.78, 5) is 6.58. The topological polar surface area (TPSA) is 98.0 Å². The van der Waals surface area contributed by atoms with Gasteiger partial charge in [-0.3, -0.25) is 4.98 Å². The second-order valence-corrected chi connectivity index (χ2v) is 9.71. The summed E-state index contributed by atoms with van der Waals surface area (Å²) in [6.45, 7) is 8.93. The van der Waals surface area contributed by atoms with E-state index >= 15 is 0 Å². The maximum atomic E-state index is 10.5. The van der Waals surface area contributed by atoms with Gasteiger partial charge in [0.25, 0.3) is 0 Å². The molecule has 3 aromatic rings. The summed E-state index contributed by atoms with van der Waals surface area (Å²) in [5, 5.41) is 33.0. The van der Waals surface area contributed by atoms with Crippen LogP contribution in [-0.4, -0.2) is 44.5 Å². The van der Waals surface area contributed by atoms with Gasteiger partial charge in [0.05, 0.1) is 22.3 Å². The fourth-order valence-corrected chi connectivity index (χ4v) is 4.88. The van der Waals surface area contributed by atoms with Crippen LogP contribution in [0, 0.1) is 11.3 Å². The summed E-state index contributed by atoms with van der Waals surface area (Å²) in [6, 6.07) is 11.3. The number of rotatable bonds is 3. The number of pyridine rings is 1. The first-order valence-electron chi connectivity index (χ1n) is 10.5. The molecule has 7 nitrogen and oxygen atoms in total. The van der Waals surface area contributed by atoms with E-state index in [2.05, 4.69) is 66.2 Å². The highest BCUT2D eigenvalue weighted by Crippen LogP contribution is 2.36. The molecule has 1 aliphatic rings. The van der Waals surface area contributed by atoms with E-state index in [4.69, 9.17) is 5.26 Å². The number of hydrogen-bond acceptors (Lipinski definition) is 7. The Labute approximate surface area is 182 Å². The van der Waals surface area contributed by atoms with Gasteiger partial charge in [-0.15, -0.1) is 10.2 Å². The van der Waals surface area contributed by atoms with E-state index in [1.54, 1.807) is 18.2 Å². The summed E-state index contributed by atoms with van der Waals surface area (Å²) < 4.78 is 0. The van der Waals surface area contributed by atoms with Gasteiger partial charge in [-0.25, -0.2) is 0 Å². The van der Waals surface area contributed by atoms with E-state index in [0.29, 0.717) is 28.4 Å². The van der Waals surface area contributed by atoms with E-state index in [1.807, 2.05) is 12.1 Å². The van der Waals surface area contributed by atoms with Crippen LogP contribution >= 0.6 is 0 Å². The highest BCUT2D eigenvalue weighted by molar-refractivity contribution is 5.96. The van der Waals surface area contributed by atoms with Crippen molar-refractivity contribution in [3.05, 3.63) is 42.1 Å². The highest BCUT2D eigenvalue weighted by Gasteiger charge is 2.39. The maximum Gasteiger partial charge on any atom is 0.151 e. The van der Waals surface area contributed by atoms with E-state index in [0.717, 1.165) is 24.0 Å². The highest BCUT2D eigenvalue weighted by atomic mass is 16.3. The third kappa shape index (κ3) is 4.17. The van der Waals surface area contributed by atoms with Crippen molar-refractivity contribution in [2.24, 2.45) is 0 Å². The number of benzene rings is 1. The predicted octanol–water partition coefficient (Wildman–Crippen LogP) is 4.01. The Kier molecular flexibility index (Phi) is 5.06. The molecule has 0 radical (unpaired) electrons. The third-order valence-electron chi connectivity index (χ3n) is 5.94. The van der Waals surface area contributed by atoms with Gasteiger partial charge >= 0.3 is 0 Å². The van der Waals surface area contributed by atoms with Crippen LogP contribution in [-0.2, 0) is 0 Å². The minimum Gasteiger partial charge on any atom is -0.507 e. The van der Waals surface area contributed by atoms with Gasteiger partial charge in [-0.05, 0) is 70.9 Å². The number of anilines is 1. The van der Waals surface area contributed by atoms with Gasteiger partial charge in [-0.1, -0.05) is 0 Å². The second kappa shape index (κ2) is 7.47. The molecule has 7 heteroatoms. The first kappa shape index (κ1) is 21.0. The number of nitriles is 1. The number of aromatic nitrogens is 3. The Hall–Kier alpha value is -3.24. The summed E-state index contributed by atoms with van der Waals surface area (Å²) in [5.74, 6) is 0.878. The maximum absolute atomic E-state index is 10.5. The van der Waals surface area contributed by atoms with Crippen LogP contribution in [0.2, 0.25) is 0 Å². The Morgan fingerprint density at radius 3 is 2.42 bits per heavy atom. The second-order valence-electron chi connectivity index (χ2n) is 9.71. The van der Waals surface area contributed by atoms with Gasteiger partial charge in [0.2, 0.25) is 0 Å². The Morgan fingerprint density at radius 2 is 1.81 bits per heavy atom. The van der Waals surface area contributed by atoms with Gasteiger partial charge in [-0.2, -0.15) is 5.26 Å². The van der Waals surface area contributed by atoms with Crippen molar-refractivity contribution in [1.82, 2.24) is 20.5 Å². The van der Waals surface area contributed by atoms with Gasteiger partial charge in [0.15, 0.2) is 5.82 Å². The molecule has 3 heterocycles. The smallest absolute Gasteiger partial charge is 0.151 e. The minimum atomic E-state index is 0.0384. The van der Waals surface area contributed by atoms with Crippen LogP contribution in [0.5, 0.6) is 5.75 Å². The van der Waals surface area contributed by atoms with Crippen LogP contribution in [0.1, 0.15) is 46.1 Å². The monoisotopic (exact) mass is 416 g/mol. The zero-order valence-electron chi connectivity index (χ0n) is 18.6. The normalized spacial score (nSPS) is 17.9. The first-order valence-corrected chi connectivity index (χ1v) is 10.5. The Balaban J connectivity index is 1.66. The molecule has 0 amide bonds. The lowest BCUT2D eigenvalue weighted by molar-refractivity contribution is 0.160. The van der Waals surface area contributed by atoms with Crippen molar-refractivity contribution in [2.45, 2.75) is 57.7 Å². The zero-order chi connectivity index (χ0) is 22.4. The molecule has 1 saturated heterocycles. The molecule has 31 heavy (non-hydrogen) atoms. The van der Waals surface area contributed by atoms with Crippen molar-refractivity contribution in [1.29, 1.82) is 5.26 Å². The van der Waals surface area contributed by atoms with Crippen molar-refractivity contribution in [2.75, 3.05) is 11.9 Å². The molecule has 1 aromatic carbocycles. The van der Waals surface area contributed by atoms with Crippen molar-refractivity contribution in [3.63, 3.8) is 0 Å². The molecule has 1 aliphatic heterocycles. The van der Waals surface area contributed by atoms with E-state index < -0.39 is 0 Å². The van der Waals surface area contributed by atoms with E-state index in [9.17, 15) is 5.11 Å². The van der Waals surface area contributed by atoms with Crippen molar-refractivity contribution >= 4 is 16.7 Å². The standard InChI is InChI=1S/C24H28N6O/c1-23(2)11-17(12-24(3,4)29-23)30(5)20-9-7-18(27-28-20)21-19(31)8-6-16-10-15(13-25)14-26-22(16)21/h6-10,14,17,29,31H,11-12H2,1-5H3. The quantitative estimate of drug-likeness (QED) is 0.665. The fraction of sp³-hybridized carbons (Fsp3) is 0.417. The zero-order valence-corrected chi connectivity index (χ0v) is 18.6. The molecule has 0 aliphatic carbocycles. The number of phenolic OH excluding ortho intramolecular Hbond substituents is 1. The van der Waals surface area contributed by atoms with E-state index in [-0.39, 0.29) is 16.8 Å². The number of fused-ring (bicyclic) bond motifs is 1. The van der Waals surface area contributed by atoms with Crippen LogP contribution in [0.3, 0.4) is 0 Å². The largest absolute Gasteiger partial charge is 0.507 e. The van der Waals surface area contributed by atoms with Gasteiger partial charge < -0.3 is 15.3 Å². The average molecular weight is 417 g/mol. The van der Waals surface area contributed by atoms with Gasteiger partial charge in [0, 0.05) is 35.8 Å². The lowest BCUT2D eigenvalue weighted by atomic mass is 9.79. The third-order valence-corrected chi connectivity index (χ3v) is 5.94. The molecule has 2 aromatic heterocycles. The lowest BCUT2D eigenvalue weighted by Crippen LogP contribution is -2.62. The molecule has 160 valence electrons. The average Bonchev–Trinajstić information content (AvgIpc) is 2.71. The summed E-state index contributed by atoms with van der Waals surface area (Å²) in [5.41, 5.74) is 2.21. The molecule has 0 bridgehead atoms. The molecule has 0 spiro atoms. The Morgan fingerprint density at radius 1 is 1.10 bits per heavy atom. The van der Waals surface area contributed by atoms with Gasteiger partial charge in [0.1, 0.15) is 11.8 Å². The molecule has 1 fully saturated rings.